The molecule has 0 spiro atoms. The highest BCUT2D eigenvalue weighted by atomic mass is 19.2. The molecule has 0 aliphatic heterocycles. The molecule has 0 aromatic heterocycles. The maximum absolute atomic E-state index is 12.9. The summed E-state index contributed by atoms with van der Waals surface area (Å²) < 4.78 is 25.6. The summed E-state index contributed by atoms with van der Waals surface area (Å²) in [6.07, 6.45) is 0. The van der Waals surface area contributed by atoms with Crippen molar-refractivity contribution in [1.29, 1.82) is 0 Å². The number of imide groups is 1. The SMILES string of the molecule is CC(=O)N(CCN)C(=O)c1ccc(F)c(F)c1. The summed E-state index contributed by atoms with van der Waals surface area (Å²) in [6, 6.07) is 2.71. The van der Waals surface area contributed by atoms with Gasteiger partial charge < -0.3 is 5.73 Å². The number of amides is 2. The van der Waals surface area contributed by atoms with Crippen LogP contribution in [0.1, 0.15) is 17.3 Å². The second-order valence-electron chi connectivity index (χ2n) is 3.39. The van der Waals surface area contributed by atoms with Crippen LogP contribution in [0.4, 0.5) is 8.78 Å². The summed E-state index contributed by atoms with van der Waals surface area (Å²) in [4.78, 5) is 23.9. The van der Waals surface area contributed by atoms with Crippen molar-refractivity contribution in [2.24, 2.45) is 5.73 Å². The number of carbonyl (C=O) groups is 2. The smallest absolute Gasteiger partial charge is 0.260 e. The summed E-state index contributed by atoms with van der Waals surface area (Å²) >= 11 is 0. The van der Waals surface area contributed by atoms with Crippen LogP contribution in [0.15, 0.2) is 18.2 Å². The average molecular weight is 242 g/mol. The molecule has 2 N–H and O–H groups in total. The van der Waals surface area contributed by atoms with Gasteiger partial charge in [-0.05, 0) is 18.2 Å². The van der Waals surface area contributed by atoms with E-state index >= 15 is 0 Å². The largest absolute Gasteiger partial charge is 0.329 e. The molecule has 4 nitrogen and oxygen atoms in total. The van der Waals surface area contributed by atoms with Gasteiger partial charge in [-0.1, -0.05) is 0 Å². The van der Waals surface area contributed by atoms with Gasteiger partial charge >= 0.3 is 0 Å². The molecule has 0 saturated carbocycles. The van der Waals surface area contributed by atoms with Crippen molar-refractivity contribution < 1.29 is 18.4 Å². The zero-order chi connectivity index (χ0) is 13.0. The van der Waals surface area contributed by atoms with E-state index in [4.69, 9.17) is 5.73 Å². The Hall–Kier alpha value is -1.82. The topological polar surface area (TPSA) is 63.4 Å². The van der Waals surface area contributed by atoms with E-state index in [1.165, 1.54) is 6.92 Å². The molecule has 0 atom stereocenters. The Kier molecular flexibility index (Phi) is 4.28. The minimum Gasteiger partial charge on any atom is -0.329 e. The number of rotatable bonds is 3. The first kappa shape index (κ1) is 13.2. The maximum Gasteiger partial charge on any atom is 0.260 e. The van der Waals surface area contributed by atoms with E-state index in [0.717, 1.165) is 23.1 Å². The minimum absolute atomic E-state index is 0.0349. The van der Waals surface area contributed by atoms with Crippen LogP contribution in [-0.4, -0.2) is 29.8 Å². The van der Waals surface area contributed by atoms with Crippen LogP contribution in [0.2, 0.25) is 0 Å². The van der Waals surface area contributed by atoms with Crippen LogP contribution >= 0.6 is 0 Å². The van der Waals surface area contributed by atoms with E-state index < -0.39 is 23.4 Å². The molecule has 0 radical (unpaired) electrons. The quantitative estimate of drug-likeness (QED) is 0.857. The van der Waals surface area contributed by atoms with Gasteiger partial charge in [0.2, 0.25) is 5.91 Å². The van der Waals surface area contributed by atoms with Crippen molar-refractivity contribution in [2.45, 2.75) is 6.92 Å². The third-order valence-electron chi connectivity index (χ3n) is 2.14. The van der Waals surface area contributed by atoms with E-state index in [-0.39, 0.29) is 18.7 Å². The molecule has 0 fully saturated rings. The van der Waals surface area contributed by atoms with Crippen LogP contribution in [0.3, 0.4) is 0 Å². The number of hydrogen-bond acceptors (Lipinski definition) is 3. The normalized spacial score (nSPS) is 10.1. The van der Waals surface area contributed by atoms with Crippen molar-refractivity contribution in [3.8, 4) is 0 Å². The molecule has 0 bridgehead atoms. The van der Waals surface area contributed by atoms with Crippen molar-refractivity contribution in [2.75, 3.05) is 13.1 Å². The highest BCUT2D eigenvalue weighted by Gasteiger charge is 2.19. The number of hydrogen-bond donors (Lipinski definition) is 1. The fourth-order valence-corrected chi connectivity index (χ4v) is 1.32. The molecule has 0 unspecified atom stereocenters. The number of nitrogens with two attached hydrogens (primary N) is 1. The number of halogens is 2. The fraction of sp³-hybridized carbons (Fsp3) is 0.273. The number of carbonyl (C=O) groups excluding carboxylic acids is 2. The van der Waals surface area contributed by atoms with Crippen molar-refractivity contribution in [3.63, 3.8) is 0 Å². The monoisotopic (exact) mass is 242 g/mol. The molecule has 1 rings (SSSR count). The summed E-state index contributed by atoms with van der Waals surface area (Å²) in [5.74, 6) is -3.37. The lowest BCUT2D eigenvalue weighted by atomic mass is 10.2. The van der Waals surface area contributed by atoms with Crippen molar-refractivity contribution >= 4 is 11.8 Å². The van der Waals surface area contributed by atoms with Gasteiger partial charge in [0.1, 0.15) is 0 Å². The first-order chi connectivity index (χ1) is 7.97. The zero-order valence-electron chi connectivity index (χ0n) is 9.24. The van der Waals surface area contributed by atoms with Crippen molar-refractivity contribution in [3.05, 3.63) is 35.4 Å². The molecule has 0 aliphatic rings. The Morgan fingerprint density at radius 3 is 2.41 bits per heavy atom. The lowest BCUT2D eigenvalue weighted by Gasteiger charge is -2.18. The summed E-state index contributed by atoms with van der Waals surface area (Å²) in [7, 11) is 0. The summed E-state index contributed by atoms with van der Waals surface area (Å²) in [6.45, 7) is 1.34. The van der Waals surface area contributed by atoms with Gasteiger partial charge in [-0.3, -0.25) is 14.5 Å². The van der Waals surface area contributed by atoms with Crippen LogP contribution in [-0.2, 0) is 4.79 Å². The first-order valence-electron chi connectivity index (χ1n) is 4.95. The Morgan fingerprint density at radius 1 is 1.29 bits per heavy atom. The second-order valence-corrected chi connectivity index (χ2v) is 3.39. The molecule has 2 amide bonds. The highest BCUT2D eigenvalue weighted by Crippen LogP contribution is 2.11. The highest BCUT2D eigenvalue weighted by molar-refractivity contribution is 6.04. The minimum atomic E-state index is -1.13. The number of nitrogens with zero attached hydrogens (tertiary/aromatic N) is 1. The Morgan fingerprint density at radius 2 is 1.94 bits per heavy atom. The third kappa shape index (κ3) is 3.07. The molecule has 0 saturated heterocycles. The molecule has 0 heterocycles. The molecule has 6 heteroatoms. The van der Waals surface area contributed by atoms with Gasteiger partial charge in [-0.15, -0.1) is 0 Å². The van der Waals surface area contributed by atoms with Gasteiger partial charge in [0.25, 0.3) is 5.91 Å². The van der Waals surface area contributed by atoms with Crippen molar-refractivity contribution in [1.82, 2.24) is 4.90 Å². The second kappa shape index (κ2) is 5.49. The molecular weight excluding hydrogens is 230 g/mol. The molecule has 0 aliphatic carbocycles. The maximum atomic E-state index is 12.9. The number of benzene rings is 1. The molecule has 92 valence electrons. The summed E-state index contributed by atoms with van der Waals surface area (Å²) in [5, 5.41) is 0. The third-order valence-corrected chi connectivity index (χ3v) is 2.14. The van der Waals surface area contributed by atoms with Gasteiger partial charge in [0.05, 0.1) is 0 Å². The van der Waals surface area contributed by atoms with Gasteiger partial charge in [0.15, 0.2) is 11.6 Å². The molecule has 17 heavy (non-hydrogen) atoms. The van der Waals surface area contributed by atoms with Gasteiger partial charge in [0, 0.05) is 25.6 Å². The lowest BCUT2D eigenvalue weighted by molar-refractivity contribution is -0.126. The van der Waals surface area contributed by atoms with Crippen LogP contribution in [0.25, 0.3) is 0 Å². The van der Waals surface area contributed by atoms with E-state index in [1.807, 2.05) is 0 Å². The van der Waals surface area contributed by atoms with E-state index in [2.05, 4.69) is 0 Å². The van der Waals surface area contributed by atoms with Crippen LogP contribution in [0.5, 0.6) is 0 Å². The lowest BCUT2D eigenvalue weighted by Crippen LogP contribution is -2.38. The zero-order valence-corrected chi connectivity index (χ0v) is 9.24. The Labute approximate surface area is 97.0 Å². The first-order valence-corrected chi connectivity index (χ1v) is 4.95. The predicted molar refractivity (Wildman–Crippen MR) is 57.1 cm³/mol. The van der Waals surface area contributed by atoms with Crippen LogP contribution < -0.4 is 5.73 Å². The Bertz CT molecular complexity index is 449. The van der Waals surface area contributed by atoms with Crippen LogP contribution in [0, 0.1) is 11.6 Å². The van der Waals surface area contributed by atoms with E-state index in [0.29, 0.717) is 0 Å². The van der Waals surface area contributed by atoms with E-state index in [1.54, 1.807) is 0 Å². The fourth-order valence-electron chi connectivity index (χ4n) is 1.32. The van der Waals surface area contributed by atoms with Gasteiger partial charge in [-0.2, -0.15) is 0 Å². The average Bonchev–Trinajstić information content (AvgIpc) is 2.28. The van der Waals surface area contributed by atoms with Gasteiger partial charge in [-0.25, -0.2) is 8.78 Å². The molecule has 1 aromatic carbocycles. The predicted octanol–water partition coefficient (Wildman–Crippen LogP) is 0.912. The van der Waals surface area contributed by atoms with E-state index in [9.17, 15) is 18.4 Å². The standard InChI is InChI=1S/C11H12F2N2O2/c1-7(16)15(5-4-14)11(17)8-2-3-9(12)10(13)6-8/h2-3,6H,4-5,14H2,1H3. The molecular formula is C11H12F2N2O2. The summed E-state index contributed by atoms with van der Waals surface area (Å²) in [5.41, 5.74) is 5.17. The molecule has 1 aromatic rings. The Balaban J connectivity index is 3.01.